The second kappa shape index (κ2) is 7.17. The van der Waals surface area contributed by atoms with Gasteiger partial charge in [0.1, 0.15) is 18.1 Å². The SMILES string of the molecule is O=C(c1ccc(COc2ccc(Br)cc2Cl)o1)N1N=CC[C@@]1(O)C(F)(F)F. The Labute approximate surface area is 164 Å². The molecule has 0 saturated heterocycles. The molecule has 0 radical (unpaired) electrons. The van der Waals surface area contributed by atoms with Crippen molar-refractivity contribution in [3.63, 3.8) is 0 Å². The summed E-state index contributed by atoms with van der Waals surface area (Å²) in [5, 5.41) is 13.4. The number of halogens is 5. The van der Waals surface area contributed by atoms with Crippen molar-refractivity contribution in [2.45, 2.75) is 24.9 Å². The number of carbonyl (C=O) groups excluding carboxylic acids is 1. The van der Waals surface area contributed by atoms with Crippen molar-refractivity contribution < 1.29 is 32.2 Å². The van der Waals surface area contributed by atoms with Crippen LogP contribution in [0.4, 0.5) is 13.2 Å². The molecule has 3 rings (SSSR count). The van der Waals surface area contributed by atoms with Crippen molar-refractivity contribution in [3.8, 4) is 5.75 Å². The number of rotatable bonds is 4. The average molecular weight is 468 g/mol. The Bertz CT molecular complexity index is 902. The number of hydrazone groups is 1. The Balaban J connectivity index is 1.72. The van der Waals surface area contributed by atoms with Gasteiger partial charge in [-0.3, -0.25) is 4.79 Å². The fourth-order valence-corrected chi connectivity index (χ4v) is 3.03. The van der Waals surface area contributed by atoms with Crippen LogP contribution in [0.1, 0.15) is 22.7 Å². The third-order valence-corrected chi connectivity index (χ3v) is 4.49. The second-order valence-electron chi connectivity index (χ2n) is 5.56. The van der Waals surface area contributed by atoms with Gasteiger partial charge in [-0.05, 0) is 30.3 Å². The van der Waals surface area contributed by atoms with Gasteiger partial charge in [-0.2, -0.15) is 23.3 Å². The van der Waals surface area contributed by atoms with Crippen LogP contribution in [0, 0.1) is 0 Å². The molecule has 11 heteroatoms. The van der Waals surface area contributed by atoms with Gasteiger partial charge in [-0.25, -0.2) is 0 Å². The molecule has 1 aliphatic heterocycles. The van der Waals surface area contributed by atoms with E-state index in [2.05, 4.69) is 21.0 Å². The van der Waals surface area contributed by atoms with E-state index in [9.17, 15) is 23.1 Å². The van der Waals surface area contributed by atoms with Crippen molar-refractivity contribution in [3.05, 3.63) is 51.3 Å². The first-order chi connectivity index (χ1) is 12.6. The molecule has 1 atom stereocenters. The third-order valence-electron chi connectivity index (χ3n) is 3.71. The number of aliphatic hydroxyl groups is 1. The minimum Gasteiger partial charge on any atom is -0.484 e. The highest BCUT2D eigenvalue weighted by Crippen LogP contribution is 2.39. The highest BCUT2D eigenvalue weighted by molar-refractivity contribution is 9.10. The molecule has 2 aromatic rings. The molecule has 0 bridgehead atoms. The summed E-state index contributed by atoms with van der Waals surface area (Å²) in [6.45, 7) is -0.110. The van der Waals surface area contributed by atoms with E-state index < -0.39 is 30.0 Å². The topological polar surface area (TPSA) is 75.3 Å². The molecule has 1 N–H and O–H groups in total. The number of ether oxygens (including phenoxy) is 1. The summed E-state index contributed by atoms with van der Waals surface area (Å²) in [6, 6.07) is 7.49. The summed E-state index contributed by atoms with van der Waals surface area (Å²) < 4.78 is 50.6. The lowest BCUT2D eigenvalue weighted by atomic mass is 10.1. The molecule has 1 aromatic carbocycles. The number of benzene rings is 1. The van der Waals surface area contributed by atoms with Crippen molar-refractivity contribution in [2.75, 3.05) is 0 Å². The largest absolute Gasteiger partial charge is 0.484 e. The molecular weight excluding hydrogens is 457 g/mol. The molecular formula is C16H11BrClF3N2O4. The molecule has 2 heterocycles. The van der Waals surface area contributed by atoms with Gasteiger partial charge in [0, 0.05) is 17.1 Å². The maximum atomic E-state index is 13.1. The van der Waals surface area contributed by atoms with Gasteiger partial charge < -0.3 is 14.3 Å². The van der Waals surface area contributed by atoms with Gasteiger partial charge in [0.2, 0.25) is 0 Å². The van der Waals surface area contributed by atoms with Crippen LogP contribution in [0.5, 0.6) is 5.75 Å². The predicted molar refractivity (Wildman–Crippen MR) is 92.5 cm³/mol. The zero-order valence-electron chi connectivity index (χ0n) is 13.3. The van der Waals surface area contributed by atoms with Crippen molar-refractivity contribution in [1.82, 2.24) is 5.01 Å². The molecule has 0 spiro atoms. The summed E-state index contributed by atoms with van der Waals surface area (Å²) in [6.07, 6.45) is -5.12. The quantitative estimate of drug-likeness (QED) is 0.725. The van der Waals surface area contributed by atoms with Gasteiger partial charge in [-0.15, -0.1) is 0 Å². The van der Waals surface area contributed by atoms with Crippen molar-refractivity contribution >= 4 is 39.7 Å². The first-order valence-electron chi connectivity index (χ1n) is 7.44. The fraction of sp³-hybridized carbons (Fsp3) is 0.250. The Morgan fingerprint density at radius 2 is 2.15 bits per heavy atom. The maximum Gasteiger partial charge on any atom is 0.438 e. The summed E-state index contributed by atoms with van der Waals surface area (Å²) >= 11 is 9.27. The number of hydrogen-bond donors (Lipinski definition) is 1. The first-order valence-corrected chi connectivity index (χ1v) is 8.61. The van der Waals surface area contributed by atoms with E-state index in [-0.39, 0.29) is 17.4 Å². The van der Waals surface area contributed by atoms with Gasteiger partial charge >= 0.3 is 12.1 Å². The molecule has 1 aliphatic rings. The molecule has 1 amide bonds. The molecule has 27 heavy (non-hydrogen) atoms. The van der Waals surface area contributed by atoms with Crippen molar-refractivity contribution in [1.29, 1.82) is 0 Å². The number of alkyl halides is 3. The zero-order valence-corrected chi connectivity index (χ0v) is 15.7. The Morgan fingerprint density at radius 1 is 1.41 bits per heavy atom. The van der Waals surface area contributed by atoms with E-state index in [4.69, 9.17) is 20.8 Å². The minimum atomic E-state index is -5.07. The number of furan rings is 1. The maximum absolute atomic E-state index is 13.1. The van der Waals surface area contributed by atoms with Crippen LogP contribution in [0.25, 0.3) is 0 Å². The highest BCUT2D eigenvalue weighted by atomic mass is 79.9. The van der Waals surface area contributed by atoms with Crippen LogP contribution in [-0.2, 0) is 6.61 Å². The number of nitrogens with zero attached hydrogens (tertiary/aromatic N) is 2. The monoisotopic (exact) mass is 466 g/mol. The molecule has 144 valence electrons. The van der Waals surface area contributed by atoms with Crippen LogP contribution in [0.15, 0.2) is 44.3 Å². The summed E-state index contributed by atoms with van der Waals surface area (Å²) in [5.74, 6) is -1.11. The van der Waals surface area contributed by atoms with Crippen LogP contribution >= 0.6 is 27.5 Å². The van der Waals surface area contributed by atoms with E-state index in [0.717, 1.165) is 10.7 Å². The van der Waals surface area contributed by atoms with Crippen LogP contribution in [0.3, 0.4) is 0 Å². The van der Waals surface area contributed by atoms with E-state index in [1.54, 1.807) is 18.2 Å². The number of carbonyl (C=O) groups is 1. The minimum absolute atomic E-state index is 0.0396. The fourth-order valence-electron chi connectivity index (χ4n) is 2.30. The molecule has 0 fully saturated rings. The molecule has 0 aliphatic carbocycles. The normalized spacial score (nSPS) is 19.6. The van der Waals surface area contributed by atoms with E-state index in [1.807, 2.05) is 0 Å². The lowest BCUT2D eigenvalue weighted by Crippen LogP contribution is -2.56. The van der Waals surface area contributed by atoms with E-state index >= 15 is 0 Å². The average Bonchev–Trinajstić information content (AvgIpc) is 3.20. The number of hydrogen-bond acceptors (Lipinski definition) is 5. The van der Waals surface area contributed by atoms with Gasteiger partial charge in [-0.1, -0.05) is 27.5 Å². The van der Waals surface area contributed by atoms with E-state index in [0.29, 0.717) is 10.8 Å². The third kappa shape index (κ3) is 3.83. The molecule has 6 nitrogen and oxygen atoms in total. The highest BCUT2D eigenvalue weighted by Gasteiger charge is 2.61. The Morgan fingerprint density at radius 3 is 2.81 bits per heavy atom. The lowest BCUT2D eigenvalue weighted by molar-refractivity contribution is -0.297. The molecule has 0 unspecified atom stereocenters. The lowest BCUT2D eigenvalue weighted by Gasteiger charge is -2.31. The Kier molecular flexibility index (Phi) is 5.24. The molecule has 1 aromatic heterocycles. The first kappa shape index (κ1) is 19.7. The summed E-state index contributed by atoms with van der Waals surface area (Å²) in [5.41, 5.74) is -3.40. The van der Waals surface area contributed by atoms with Crippen molar-refractivity contribution in [2.24, 2.45) is 5.10 Å². The second-order valence-corrected chi connectivity index (χ2v) is 6.89. The summed E-state index contributed by atoms with van der Waals surface area (Å²) in [7, 11) is 0. The molecule has 0 saturated carbocycles. The van der Waals surface area contributed by atoms with Crippen LogP contribution in [-0.4, -0.2) is 34.1 Å². The van der Waals surface area contributed by atoms with Gasteiger partial charge in [0.15, 0.2) is 5.76 Å². The standard InChI is InChI=1S/C16H11BrClF3N2O4/c17-9-1-3-12(11(18)7-9)26-8-10-2-4-13(27-10)14(24)23-15(25,5-6-22-23)16(19,20)21/h1-4,6-7,25H,5,8H2/t15-/m1/s1. The van der Waals surface area contributed by atoms with Gasteiger partial charge in [0.25, 0.3) is 5.72 Å². The van der Waals surface area contributed by atoms with Crippen LogP contribution in [0.2, 0.25) is 5.02 Å². The smallest absolute Gasteiger partial charge is 0.438 e. The zero-order chi connectivity index (χ0) is 19.8. The summed E-state index contributed by atoms with van der Waals surface area (Å²) in [4.78, 5) is 12.3. The van der Waals surface area contributed by atoms with E-state index in [1.165, 1.54) is 12.1 Å². The van der Waals surface area contributed by atoms with Crippen LogP contribution < -0.4 is 4.74 Å². The number of amides is 1. The van der Waals surface area contributed by atoms with Gasteiger partial charge in [0.05, 0.1) is 5.02 Å². The predicted octanol–water partition coefficient (Wildman–Crippen LogP) is 4.36. The Hall–Kier alpha value is -2.04.